The van der Waals surface area contributed by atoms with E-state index in [1.54, 1.807) is 24.1 Å². The van der Waals surface area contributed by atoms with Gasteiger partial charge in [-0.15, -0.1) is 0 Å². The Labute approximate surface area is 218 Å². The molecule has 0 unspecified atom stereocenters. The van der Waals surface area contributed by atoms with Gasteiger partial charge in [0.25, 0.3) is 5.91 Å². The second-order valence-corrected chi connectivity index (χ2v) is 9.58. The lowest BCUT2D eigenvalue weighted by Gasteiger charge is -2.33. The molecule has 3 aromatic rings. The molecule has 0 spiro atoms. The Kier molecular flexibility index (Phi) is 8.56. The summed E-state index contributed by atoms with van der Waals surface area (Å²) < 4.78 is 18.5. The van der Waals surface area contributed by atoms with E-state index in [-0.39, 0.29) is 23.4 Å². The van der Waals surface area contributed by atoms with Crippen LogP contribution >= 0.6 is 0 Å². The molecule has 0 atom stereocenters. The minimum atomic E-state index is -0.337. The highest BCUT2D eigenvalue weighted by Crippen LogP contribution is 2.25. The van der Waals surface area contributed by atoms with Crippen LogP contribution in [0.25, 0.3) is 0 Å². The van der Waals surface area contributed by atoms with Crippen LogP contribution in [0, 0.1) is 11.7 Å². The van der Waals surface area contributed by atoms with Crippen LogP contribution in [-0.2, 0) is 0 Å². The van der Waals surface area contributed by atoms with E-state index in [0.29, 0.717) is 24.2 Å². The van der Waals surface area contributed by atoms with Crippen LogP contribution in [0.3, 0.4) is 0 Å². The molecule has 0 aliphatic carbocycles. The first-order valence-corrected chi connectivity index (χ1v) is 12.6. The summed E-state index contributed by atoms with van der Waals surface area (Å²) in [6.07, 6.45) is 1.50. The first-order chi connectivity index (χ1) is 17.9. The van der Waals surface area contributed by atoms with E-state index in [9.17, 15) is 14.0 Å². The predicted molar refractivity (Wildman–Crippen MR) is 145 cm³/mol. The Hall–Kier alpha value is -3.71. The number of ketones is 1. The third kappa shape index (κ3) is 6.54. The van der Waals surface area contributed by atoms with Gasteiger partial charge in [-0.1, -0.05) is 0 Å². The van der Waals surface area contributed by atoms with Crippen molar-refractivity contribution in [1.82, 2.24) is 4.90 Å². The van der Waals surface area contributed by atoms with Crippen molar-refractivity contribution in [3.63, 3.8) is 0 Å². The molecular weight excluding hydrogens is 469 g/mol. The minimum absolute atomic E-state index is 0.0585. The van der Waals surface area contributed by atoms with Crippen LogP contribution in [0.1, 0.15) is 33.6 Å². The number of carbonyl (C=O) groups is 2. The van der Waals surface area contributed by atoms with Gasteiger partial charge in [0.1, 0.15) is 11.6 Å². The van der Waals surface area contributed by atoms with E-state index in [1.807, 2.05) is 67.5 Å². The minimum Gasteiger partial charge on any atom is -0.497 e. The Morgan fingerprint density at radius 1 is 0.865 bits per heavy atom. The zero-order chi connectivity index (χ0) is 26.4. The van der Waals surface area contributed by atoms with E-state index in [4.69, 9.17) is 4.74 Å². The van der Waals surface area contributed by atoms with Crippen molar-refractivity contribution in [2.24, 2.45) is 5.92 Å². The number of amides is 1. The summed E-state index contributed by atoms with van der Waals surface area (Å²) in [5.41, 5.74) is 3.04. The number of ether oxygens (including phenoxy) is 1. The number of halogens is 1. The number of carbonyl (C=O) groups excluding carboxylic acids is 2. The van der Waals surface area contributed by atoms with E-state index >= 15 is 0 Å². The van der Waals surface area contributed by atoms with Gasteiger partial charge in [0.05, 0.1) is 7.11 Å². The molecule has 4 rings (SSSR count). The smallest absolute Gasteiger partial charge is 0.258 e. The van der Waals surface area contributed by atoms with Gasteiger partial charge in [-0.2, -0.15) is 0 Å². The van der Waals surface area contributed by atoms with Gasteiger partial charge in [-0.25, -0.2) is 4.39 Å². The molecule has 0 saturated carbocycles. The highest BCUT2D eigenvalue weighted by atomic mass is 19.1. The molecule has 37 heavy (non-hydrogen) atoms. The van der Waals surface area contributed by atoms with E-state index in [1.165, 1.54) is 12.1 Å². The van der Waals surface area contributed by atoms with Crippen LogP contribution in [0.2, 0.25) is 0 Å². The third-order valence-corrected chi connectivity index (χ3v) is 6.99. The summed E-state index contributed by atoms with van der Waals surface area (Å²) in [6, 6.07) is 20.9. The third-order valence-electron chi connectivity index (χ3n) is 6.99. The van der Waals surface area contributed by atoms with Gasteiger partial charge in [-0.3, -0.25) is 9.59 Å². The summed E-state index contributed by atoms with van der Waals surface area (Å²) >= 11 is 0. The molecule has 1 fully saturated rings. The summed E-state index contributed by atoms with van der Waals surface area (Å²) in [7, 11) is 5.56. The lowest BCUT2D eigenvalue weighted by atomic mass is 9.89. The standard InChI is InChI=1S/C30H34FN3O3/c1-32(2)26-10-6-24(7-11-26)30(36)34(27-12-14-28(37-3)15-13-27)21-20-33-18-16-23(17-19-33)29(35)22-4-8-25(31)9-5-22/h4-15,23H,16-21H2,1-3H3. The van der Waals surface area contributed by atoms with Crippen LogP contribution in [0.5, 0.6) is 5.75 Å². The largest absolute Gasteiger partial charge is 0.497 e. The molecule has 0 aromatic heterocycles. The molecule has 1 amide bonds. The van der Waals surface area contributed by atoms with Crippen molar-refractivity contribution in [2.45, 2.75) is 12.8 Å². The number of Topliss-reactive ketones (excluding diaryl/α,β-unsaturated/α-hetero) is 1. The second kappa shape index (κ2) is 12.0. The van der Waals surface area contributed by atoms with Crippen molar-refractivity contribution in [1.29, 1.82) is 0 Å². The van der Waals surface area contributed by atoms with E-state index in [0.717, 1.165) is 43.1 Å². The monoisotopic (exact) mass is 503 g/mol. The van der Waals surface area contributed by atoms with Gasteiger partial charge < -0.3 is 19.4 Å². The topological polar surface area (TPSA) is 53.1 Å². The molecular formula is C30H34FN3O3. The van der Waals surface area contributed by atoms with Gasteiger partial charge >= 0.3 is 0 Å². The molecule has 1 aliphatic rings. The Morgan fingerprint density at radius 2 is 1.43 bits per heavy atom. The first kappa shape index (κ1) is 26.4. The van der Waals surface area contributed by atoms with Crippen LogP contribution in [-0.4, -0.2) is 64.0 Å². The van der Waals surface area contributed by atoms with Gasteiger partial charge in [0.2, 0.25) is 0 Å². The van der Waals surface area contributed by atoms with Gasteiger partial charge in [0, 0.05) is 55.6 Å². The number of nitrogens with zero attached hydrogens (tertiary/aromatic N) is 3. The number of benzene rings is 3. The fourth-order valence-corrected chi connectivity index (χ4v) is 4.68. The average Bonchev–Trinajstić information content (AvgIpc) is 2.94. The zero-order valence-corrected chi connectivity index (χ0v) is 21.7. The van der Waals surface area contributed by atoms with Gasteiger partial charge in [-0.05, 0) is 98.7 Å². The molecule has 0 radical (unpaired) electrons. The lowest BCUT2D eigenvalue weighted by molar-refractivity contribution is 0.0841. The Balaban J connectivity index is 1.41. The van der Waals surface area contributed by atoms with Crippen molar-refractivity contribution in [3.05, 3.63) is 89.7 Å². The highest BCUT2D eigenvalue weighted by Gasteiger charge is 2.27. The molecule has 6 nitrogen and oxygen atoms in total. The number of rotatable bonds is 9. The van der Waals surface area contributed by atoms with Crippen LogP contribution in [0.15, 0.2) is 72.8 Å². The molecule has 0 N–H and O–H groups in total. The predicted octanol–water partition coefficient (Wildman–Crippen LogP) is 5.14. The van der Waals surface area contributed by atoms with Crippen LogP contribution in [0.4, 0.5) is 15.8 Å². The molecule has 1 heterocycles. The molecule has 1 aliphatic heterocycles. The zero-order valence-electron chi connectivity index (χ0n) is 21.7. The van der Waals surface area contributed by atoms with Crippen molar-refractivity contribution in [3.8, 4) is 5.75 Å². The maximum absolute atomic E-state index is 13.6. The number of methoxy groups -OCH3 is 1. The van der Waals surface area contributed by atoms with E-state index < -0.39 is 0 Å². The van der Waals surface area contributed by atoms with Gasteiger partial charge in [0.15, 0.2) is 5.78 Å². The maximum atomic E-state index is 13.6. The number of anilines is 2. The molecule has 0 bridgehead atoms. The summed E-state index contributed by atoms with van der Waals surface area (Å²) in [4.78, 5) is 32.5. The first-order valence-electron chi connectivity index (χ1n) is 12.6. The Morgan fingerprint density at radius 3 is 2.00 bits per heavy atom. The van der Waals surface area contributed by atoms with Crippen molar-refractivity contribution in [2.75, 3.05) is 57.2 Å². The molecule has 7 heteroatoms. The number of piperidine rings is 1. The fraction of sp³-hybridized carbons (Fsp3) is 0.333. The Bertz CT molecular complexity index is 1190. The lowest BCUT2D eigenvalue weighted by Crippen LogP contribution is -2.42. The average molecular weight is 504 g/mol. The number of hydrogen-bond donors (Lipinski definition) is 0. The summed E-state index contributed by atoms with van der Waals surface area (Å²) in [5, 5.41) is 0. The maximum Gasteiger partial charge on any atom is 0.258 e. The van der Waals surface area contributed by atoms with Crippen molar-refractivity contribution < 1.29 is 18.7 Å². The summed E-state index contributed by atoms with van der Waals surface area (Å²) in [5.74, 6) is 0.360. The SMILES string of the molecule is COc1ccc(N(CCN2CCC(C(=O)c3ccc(F)cc3)CC2)C(=O)c2ccc(N(C)C)cc2)cc1. The highest BCUT2D eigenvalue weighted by molar-refractivity contribution is 6.06. The van der Waals surface area contributed by atoms with Crippen LogP contribution < -0.4 is 14.5 Å². The number of hydrogen-bond acceptors (Lipinski definition) is 5. The molecule has 1 saturated heterocycles. The van der Waals surface area contributed by atoms with E-state index in [2.05, 4.69) is 4.90 Å². The van der Waals surface area contributed by atoms with Crippen molar-refractivity contribution >= 4 is 23.1 Å². The normalized spacial score (nSPS) is 14.3. The molecule has 194 valence electrons. The number of likely N-dealkylation sites (tertiary alicyclic amines) is 1. The second-order valence-electron chi connectivity index (χ2n) is 9.58. The molecule has 3 aromatic carbocycles. The summed E-state index contributed by atoms with van der Waals surface area (Å²) in [6.45, 7) is 2.78. The fourth-order valence-electron chi connectivity index (χ4n) is 4.68. The quantitative estimate of drug-likeness (QED) is 0.379.